The lowest BCUT2D eigenvalue weighted by Gasteiger charge is -2.02. The molecule has 0 nitrogen and oxygen atoms in total. The van der Waals surface area contributed by atoms with E-state index in [2.05, 4.69) is 27.7 Å². The number of thioether (sulfide) groups is 1. The molecule has 0 aliphatic carbocycles. The summed E-state index contributed by atoms with van der Waals surface area (Å²) in [4.78, 5) is 0. The highest BCUT2D eigenvalue weighted by Gasteiger charge is 1.92. The number of rotatable bonds is 5. The van der Waals surface area contributed by atoms with Gasteiger partial charge < -0.3 is 0 Å². The van der Waals surface area contributed by atoms with Crippen molar-refractivity contribution in [3.05, 3.63) is 18.1 Å². The molecule has 0 amide bonds. The van der Waals surface area contributed by atoms with E-state index in [4.69, 9.17) is 0 Å². The van der Waals surface area contributed by atoms with Gasteiger partial charge in [0, 0.05) is 0 Å². The quantitative estimate of drug-likeness (QED) is 0.449. The molecule has 1 heteroatoms. The van der Waals surface area contributed by atoms with Crippen LogP contribution in [0.15, 0.2) is 11.1 Å². The molecule has 0 N–H and O–H groups in total. The van der Waals surface area contributed by atoms with E-state index >= 15 is 0 Å². The zero-order valence-corrected chi connectivity index (χ0v) is 8.76. The van der Waals surface area contributed by atoms with Gasteiger partial charge >= 0.3 is 0 Å². The fourth-order valence-electron chi connectivity index (χ4n) is 0.791. The second-order valence-corrected chi connectivity index (χ2v) is 4.22. The molecule has 1 radical (unpaired) electrons. The summed E-state index contributed by atoms with van der Waals surface area (Å²) >= 11 is 1.93. The van der Waals surface area contributed by atoms with E-state index in [1.165, 1.54) is 24.2 Å². The van der Waals surface area contributed by atoms with Gasteiger partial charge in [-0.3, -0.25) is 0 Å². The predicted molar refractivity (Wildman–Crippen MR) is 56.0 cm³/mol. The summed E-state index contributed by atoms with van der Waals surface area (Å²) < 4.78 is 0. The predicted octanol–water partition coefficient (Wildman–Crippen LogP) is 3.69. The van der Waals surface area contributed by atoms with Crippen LogP contribution in [-0.4, -0.2) is 11.5 Å². The van der Waals surface area contributed by atoms with Crippen molar-refractivity contribution in [3.63, 3.8) is 0 Å². The molecule has 0 rings (SSSR count). The smallest absolute Gasteiger partial charge is 0.00645 e. The molecule has 0 saturated carbocycles. The lowest BCUT2D eigenvalue weighted by molar-refractivity contribution is 0.900. The Morgan fingerprint density at radius 3 is 2.36 bits per heavy atom. The van der Waals surface area contributed by atoms with Crippen molar-refractivity contribution in [2.75, 3.05) is 11.5 Å². The van der Waals surface area contributed by atoms with E-state index in [9.17, 15) is 0 Å². The van der Waals surface area contributed by atoms with E-state index in [1.807, 2.05) is 11.8 Å². The van der Waals surface area contributed by atoms with Crippen LogP contribution in [0.1, 0.15) is 33.6 Å². The highest BCUT2D eigenvalue weighted by molar-refractivity contribution is 7.99. The highest BCUT2D eigenvalue weighted by atomic mass is 32.2. The van der Waals surface area contributed by atoms with Crippen molar-refractivity contribution >= 4 is 11.8 Å². The Labute approximate surface area is 75.5 Å². The van der Waals surface area contributed by atoms with E-state index < -0.39 is 0 Å². The lowest BCUT2D eigenvalue weighted by Crippen LogP contribution is -1.85. The fourth-order valence-corrected chi connectivity index (χ4v) is 1.34. The number of allylic oxidation sites excluding steroid dienone is 2. The molecule has 0 heterocycles. The molecule has 0 bridgehead atoms. The molecule has 0 spiro atoms. The van der Waals surface area contributed by atoms with E-state index in [1.54, 1.807) is 5.57 Å². The molecule has 0 unspecified atom stereocenters. The summed E-state index contributed by atoms with van der Waals surface area (Å²) in [6.07, 6.45) is 2.56. The number of hydrogen-bond acceptors (Lipinski definition) is 1. The molecule has 0 aliphatic heterocycles. The largest absolute Gasteiger partial charge is 0.162 e. The molecule has 0 aromatic heterocycles. The zero-order chi connectivity index (χ0) is 8.69. The van der Waals surface area contributed by atoms with Gasteiger partial charge in [-0.2, -0.15) is 11.8 Å². The summed E-state index contributed by atoms with van der Waals surface area (Å²) in [5.74, 6) is 2.27. The minimum Gasteiger partial charge on any atom is -0.162 e. The molecule has 0 aromatic rings. The fraction of sp³-hybridized carbons (Fsp3) is 0.700. The van der Waals surface area contributed by atoms with Gasteiger partial charge in [0.1, 0.15) is 0 Å². The SMILES string of the molecule is [CH2]CSCCCC(C)=C(C)C. The second-order valence-electron chi connectivity index (χ2n) is 3.00. The van der Waals surface area contributed by atoms with Gasteiger partial charge in [-0.1, -0.05) is 11.1 Å². The third-order valence-electron chi connectivity index (χ3n) is 1.84. The number of hydrogen-bond donors (Lipinski definition) is 0. The molecular weight excluding hydrogens is 152 g/mol. The molecular formula is C10H19S. The van der Waals surface area contributed by atoms with E-state index in [0.717, 1.165) is 5.75 Å². The van der Waals surface area contributed by atoms with E-state index in [-0.39, 0.29) is 0 Å². The van der Waals surface area contributed by atoms with Crippen molar-refractivity contribution < 1.29 is 0 Å². The first-order chi connectivity index (χ1) is 5.18. The van der Waals surface area contributed by atoms with Crippen LogP contribution in [0.25, 0.3) is 0 Å². The van der Waals surface area contributed by atoms with Gasteiger partial charge in [-0.15, -0.1) is 0 Å². The van der Waals surface area contributed by atoms with Crippen LogP contribution < -0.4 is 0 Å². The Kier molecular flexibility index (Phi) is 6.83. The average molecular weight is 171 g/mol. The molecule has 0 atom stereocenters. The monoisotopic (exact) mass is 171 g/mol. The van der Waals surface area contributed by atoms with Crippen LogP contribution in [0.2, 0.25) is 0 Å². The first-order valence-electron chi connectivity index (χ1n) is 4.18. The Morgan fingerprint density at radius 1 is 1.27 bits per heavy atom. The van der Waals surface area contributed by atoms with Crippen molar-refractivity contribution in [2.24, 2.45) is 0 Å². The average Bonchev–Trinajstić information content (AvgIpc) is 1.97. The normalized spacial score (nSPS) is 9.82. The third-order valence-corrected chi connectivity index (χ3v) is 2.70. The Morgan fingerprint density at radius 2 is 1.91 bits per heavy atom. The second kappa shape index (κ2) is 6.78. The van der Waals surface area contributed by atoms with Crippen molar-refractivity contribution in [1.29, 1.82) is 0 Å². The summed E-state index contributed by atoms with van der Waals surface area (Å²) in [5.41, 5.74) is 3.03. The molecule has 11 heavy (non-hydrogen) atoms. The minimum atomic E-state index is 1.01. The molecule has 0 aromatic carbocycles. The van der Waals surface area contributed by atoms with Crippen LogP contribution in [0.4, 0.5) is 0 Å². The summed E-state index contributed by atoms with van der Waals surface area (Å²) in [5, 5.41) is 0. The lowest BCUT2D eigenvalue weighted by atomic mass is 10.1. The van der Waals surface area contributed by atoms with Gasteiger partial charge in [-0.25, -0.2) is 0 Å². The summed E-state index contributed by atoms with van der Waals surface area (Å²) in [6, 6.07) is 0. The zero-order valence-electron chi connectivity index (χ0n) is 7.94. The van der Waals surface area contributed by atoms with Gasteiger partial charge in [0.05, 0.1) is 0 Å². The Hall–Kier alpha value is 0.0900. The van der Waals surface area contributed by atoms with Gasteiger partial charge in [0.15, 0.2) is 0 Å². The third kappa shape index (κ3) is 6.49. The summed E-state index contributed by atoms with van der Waals surface area (Å²) in [6.45, 7) is 10.4. The Bertz CT molecular complexity index is 121. The van der Waals surface area contributed by atoms with Crippen LogP contribution in [0.5, 0.6) is 0 Å². The molecule has 0 saturated heterocycles. The molecule has 0 aliphatic rings. The van der Waals surface area contributed by atoms with E-state index in [0.29, 0.717) is 0 Å². The molecule has 65 valence electrons. The van der Waals surface area contributed by atoms with Crippen LogP contribution >= 0.6 is 11.8 Å². The maximum atomic E-state index is 3.79. The van der Waals surface area contributed by atoms with Crippen molar-refractivity contribution in [3.8, 4) is 0 Å². The van der Waals surface area contributed by atoms with Crippen molar-refractivity contribution in [2.45, 2.75) is 33.6 Å². The highest BCUT2D eigenvalue weighted by Crippen LogP contribution is 2.12. The van der Waals surface area contributed by atoms with Crippen LogP contribution in [0.3, 0.4) is 0 Å². The van der Waals surface area contributed by atoms with Crippen molar-refractivity contribution in [1.82, 2.24) is 0 Å². The van der Waals surface area contributed by atoms with Crippen LogP contribution in [0, 0.1) is 6.92 Å². The first-order valence-corrected chi connectivity index (χ1v) is 5.34. The topological polar surface area (TPSA) is 0 Å². The van der Waals surface area contributed by atoms with Gasteiger partial charge in [0.25, 0.3) is 0 Å². The Balaban J connectivity index is 3.32. The van der Waals surface area contributed by atoms with Gasteiger partial charge in [0.2, 0.25) is 0 Å². The minimum absolute atomic E-state index is 1.01. The standard InChI is InChI=1S/C10H19S/c1-5-11-8-6-7-10(4)9(2)3/h1,5-8H2,2-4H3. The first kappa shape index (κ1) is 11.1. The van der Waals surface area contributed by atoms with Crippen LogP contribution in [-0.2, 0) is 0 Å². The summed E-state index contributed by atoms with van der Waals surface area (Å²) in [7, 11) is 0. The van der Waals surface area contributed by atoms with Gasteiger partial charge in [-0.05, 0) is 52.0 Å². The maximum absolute atomic E-state index is 3.79. The maximum Gasteiger partial charge on any atom is -0.00645 e. The molecule has 0 fully saturated rings.